The minimum atomic E-state index is -1.85. The highest BCUT2D eigenvalue weighted by molar-refractivity contribution is 6.74. The van der Waals surface area contributed by atoms with Crippen LogP contribution in [0.5, 0.6) is 0 Å². The Kier molecular flexibility index (Phi) is 8.70. The first-order valence-electron chi connectivity index (χ1n) is 9.71. The van der Waals surface area contributed by atoms with E-state index in [0.29, 0.717) is 11.8 Å². The second-order valence-electron chi connectivity index (χ2n) is 10.8. The average Bonchev–Trinajstić information content (AvgIpc) is 2.40. The normalized spacial score (nSPS) is 17.7. The summed E-state index contributed by atoms with van der Waals surface area (Å²) in [7, 11) is -3.59. The molecule has 0 bridgehead atoms. The van der Waals surface area contributed by atoms with E-state index in [2.05, 4.69) is 87.5 Å². The summed E-state index contributed by atoms with van der Waals surface area (Å²) >= 11 is 0. The van der Waals surface area contributed by atoms with E-state index in [1.54, 1.807) is 0 Å². The minimum Gasteiger partial charge on any atom is -0.416 e. The van der Waals surface area contributed by atoms with Crippen molar-refractivity contribution in [2.75, 3.05) is 6.61 Å². The zero-order valence-corrected chi connectivity index (χ0v) is 21.0. The number of hydrogen-bond donors (Lipinski definition) is 0. The minimum absolute atomic E-state index is 0.154. The van der Waals surface area contributed by atoms with Gasteiger partial charge in [-0.25, -0.2) is 0 Å². The van der Waals surface area contributed by atoms with Crippen molar-refractivity contribution in [1.82, 2.24) is 0 Å². The summed E-state index contributed by atoms with van der Waals surface area (Å²) in [5.74, 6) is 3.51. The van der Waals surface area contributed by atoms with Crippen LogP contribution in [0, 0.1) is 24.2 Å². The SMILES string of the molecule is C#CC[C@H](C)[C@H](O[Si](C)(C)C(C)(C)C)[C@H](C)CO[Si](C)(C)C(C)(C)C. The van der Waals surface area contributed by atoms with E-state index in [0.717, 1.165) is 13.0 Å². The van der Waals surface area contributed by atoms with Crippen LogP contribution >= 0.6 is 0 Å². The smallest absolute Gasteiger partial charge is 0.192 e. The molecule has 0 aliphatic heterocycles. The van der Waals surface area contributed by atoms with Gasteiger partial charge < -0.3 is 8.85 Å². The van der Waals surface area contributed by atoms with Crippen molar-refractivity contribution < 1.29 is 8.85 Å². The van der Waals surface area contributed by atoms with E-state index < -0.39 is 16.6 Å². The third-order valence-corrected chi connectivity index (χ3v) is 15.3. The van der Waals surface area contributed by atoms with Crippen molar-refractivity contribution in [3.8, 4) is 12.3 Å². The lowest BCUT2D eigenvalue weighted by atomic mass is 9.92. The van der Waals surface area contributed by atoms with Crippen molar-refractivity contribution in [3.05, 3.63) is 0 Å². The van der Waals surface area contributed by atoms with E-state index >= 15 is 0 Å². The summed E-state index contributed by atoms with van der Waals surface area (Å²) in [5, 5.41) is 0.425. The predicted octanol–water partition coefficient (Wildman–Crippen LogP) is 6.69. The zero-order chi connectivity index (χ0) is 20.3. The highest BCUT2D eigenvalue weighted by Crippen LogP contribution is 2.40. The second-order valence-corrected chi connectivity index (χ2v) is 20.3. The van der Waals surface area contributed by atoms with E-state index in [4.69, 9.17) is 15.3 Å². The van der Waals surface area contributed by atoms with Gasteiger partial charge in [-0.2, -0.15) is 0 Å². The summed E-state index contributed by atoms with van der Waals surface area (Å²) in [6.07, 6.45) is 6.51. The fourth-order valence-corrected chi connectivity index (χ4v) is 4.87. The van der Waals surface area contributed by atoms with Crippen LogP contribution in [-0.4, -0.2) is 29.3 Å². The van der Waals surface area contributed by atoms with Crippen LogP contribution in [0.25, 0.3) is 0 Å². The maximum absolute atomic E-state index is 6.81. The van der Waals surface area contributed by atoms with Crippen molar-refractivity contribution >= 4 is 16.6 Å². The highest BCUT2D eigenvalue weighted by Gasteiger charge is 2.42. The highest BCUT2D eigenvalue weighted by atomic mass is 28.4. The van der Waals surface area contributed by atoms with Crippen LogP contribution in [-0.2, 0) is 8.85 Å². The van der Waals surface area contributed by atoms with Gasteiger partial charge in [0.25, 0.3) is 0 Å². The van der Waals surface area contributed by atoms with Crippen LogP contribution < -0.4 is 0 Å². The average molecular weight is 385 g/mol. The van der Waals surface area contributed by atoms with Gasteiger partial charge in [0.2, 0.25) is 0 Å². The zero-order valence-electron chi connectivity index (χ0n) is 19.0. The van der Waals surface area contributed by atoms with Crippen LogP contribution in [0.1, 0.15) is 61.8 Å². The molecule has 2 nitrogen and oxygen atoms in total. The van der Waals surface area contributed by atoms with Crippen LogP contribution in [0.15, 0.2) is 0 Å². The molecule has 4 heteroatoms. The first kappa shape index (κ1) is 24.9. The molecule has 0 aliphatic carbocycles. The Balaban J connectivity index is 5.27. The Morgan fingerprint density at radius 3 is 1.64 bits per heavy atom. The Morgan fingerprint density at radius 1 is 0.840 bits per heavy atom. The number of rotatable bonds is 8. The summed E-state index contributed by atoms with van der Waals surface area (Å²) in [6.45, 7) is 28.2. The van der Waals surface area contributed by atoms with Gasteiger partial charge in [0, 0.05) is 18.9 Å². The first-order valence-corrected chi connectivity index (χ1v) is 15.5. The Morgan fingerprint density at radius 2 is 1.28 bits per heavy atom. The summed E-state index contributed by atoms with van der Waals surface area (Å²) < 4.78 is 13.3. The lowest BCUT2D eigenvalue weighted by Gasteiger charge is -2.43. The molecular weight excluding hydrogens is 340 g/mol. The van der Waals surface area contributed by atoms with E-state index in [-0.39, 0.29) is 16.2 Å². The molecule has 0 aromatic rings. The number of hydrogen-bond acceptors (Lipinski definition) is 2. The van der Waals surface area contributed by atoms with Crippen LogP contribution in [0.4, 0.5) is 0 Å². The van der Waals surface area contributed by atoms with E-state index in [9.17, 15) is 0 Å². The lowest BCUT2D eigenvalue weighted by molar-refractivity contribution is 0.0499. The van der Waals surface area contributed by atoms with Gasteiger partial charge in [-0.15, -0.1) is 12.3 Å². The molecular formula is C21H44O2Si2. The molecule has 0 heterocycles. The van der Waals surface area contributed by atoms with Gasteiger partial charge >= 0.3 is 0 Å². The van der Waals surface area contributed by atoms with E-state index in [1.165, 1.54) is 0 Å². The van der Waals surface area contributed by atoms with Gasteiger partial charge in [-0.05, 0) is 42.2 Å². The fraction of sp³-hybridized carbons (Fsp3) is 0.905. The fourth-order valence-electron chi connectivity index (χ4n) is 2.26. The largest absolute Gasteiger partial charge is 0.416 e. The molecule has 0 fully saturated rings. The Bertz CT molecular complexity index is 450. The summed E-state index contributed by atoms with van der Waals surface area (Å²) in [5.41, 5.74) is 0. The molecule has 0 saturated heterocycles. The molecule has 0 saturated carbocycles. The molecule has 0 aromatic heterocycles. The molecule has 0 unspecified atom stereocenters. The molecule has 0 aliphatic rings. The molecule has 25 heavy (non-hydrogen) atoms. The van der Waals surface area contributed by atoms with Gasteiger partial charge in [-0.3, -0.25) is 0 Å². The van der Waals surface area contributed by atoms with Crippen molar-refractivity contribution in [3.63, 3.8) is 0 Å². The second kappa shape index (κ2) is 8.73. The van der Waals surface area contributed by atoms with Gasteiger partial charge in [0.15, 0.2) is 16.6 Å². The monoisotopic (exact) mass is 384 g/mol. The summed E-state index contributed by atoms with van der Waals surface area (Å²) in [6, 6.07) is 0. The van der Waals surface area contributed by atoms with Gasteiger partial charge in [0.05, 0.1) is 6.10 Å². The van der Waals surface area contributed by atoms with E-state index in [1.807, 2.05) is 0 Å². The summed E-state index contributed by atoms with van der Waals surface area (Å²) in [4.78, 5) is 0. The lowest BCUT2D eigenvalue weighted by Crippen LogP contribution is -2.49. The van der Waals surface area contributed by atoms with Crippen LogP contribution in [0.2, 0.25) is 36.3 Å². The standard InChI is InChI=1S/C21H44O2Si2/c1-14-15-17(2)19(23-25(12,13)21(7,8)9)18(3)16-22-24(10,11)20(4,5)6/h1,17-19H,15-16H2,2-13H3/t17-,18+,19-/m0/s1. The topological polar surface area (TPSA) is 18.5 Å². The maximum Gasteiger partial charge on any atom is 0.192 e. The molecule has 0 rings (SSSR count). The predicted molar refractivity (Wildman–Crippen MR) is 117 cm³/mol. The van der Waals surface area contributed by atoms with Gasteiger partial charge in [0.1, 0.15) is 0 Å². The number of terminal acetylenes is 1. The van der Waals surface area contributed by atoms with Crippen molar-refractivity contribution in [2.24, 2.45) is 11.8 Å². The molecule has 0 spiro atoms. The molecule has 0 radical (unpaired) electrons. The molecule has 0 amide bonds. The first-order chi connectivity index (χ1) is 11.0. The third kappa shape index (κ3) is 7.21. The van der Waals surface area contributed by atoms with Crippen molar-refractivity contribution in [1.29, 1.82) is 0 Å². The van der Waals surface area contributed by atoms with Crippen LogP contribution in [0.3, 0.4) is 0 Å². The molecule has 148 valence electrons. The Hall–Kier alpha value is -0.0862. The van der Waals surface area contributed by atoms with Gasteiger partial charge in [-0.1, -0.05) is 55.4 Å². The molecule has 3 atom stereocenters. The molecule has 0 N–H and O–H groups in total. The van der Waals surface area contributed by atoms with Crippen molar-refractivity contribution in [2.45, 2.75) is 104 Å². The Labute approximate surface area is 160 Å². The molecule has 0 aromatic carbocycles. The quantitative estimate of drug-likeness (QED) is 0.342. The third-order valence-electron chi connectivity index (χ3n) is 6.31. The maximum atomic E-state index is 6.81.